The second-order valence-electron chi connectivity index (χ2n) is 13.9. The van der Waals surface area contributed by atoms with Crippen molar-refractivity contribution in [1.82, 2.24) is 10.2 Å². The van der Waals surface area contributed by atoms with Crippen LogP contribution in [0.15, 0.2) is 54.6 Å². The molecule has 0 radical (unpaired) electrons. The van der Waals surface area contributed by atoms with E-state index in [1.165, 1.54) is 12.1 Å². The molecule has 5 rings (SSSR count). The van der Waals surface area contributed by atoms with Gasteiger partial charge in [0.15, 0.2) is 0 Å². The van der Waals surface area contributed by atoms with Crippen molar-refractivity contribution >= 4 is 50.8 Å². The molecule has 0 bridgehead atoms. The number of hydrogen-bond donors (Lipinski definition) is 2. The highest BCUT2D eigenvalue weighted by Crippen LogP contribution is 2.42. The van der Waals surface area contributed by atoms with Gasteiger partial charge in [-0.1, -0.05) is 62.7 Å². The van der Waals surface area contributed by atoms with Crippen LogP contribution >= 0.6 is 22.9 Å². The molecule has 1 aliphatic carbocycles. The average molecular weight is 765 g/mol. The molecule has 0 spiro atoms. The monoisotopic (exact) mass is 764 g/mol. The highest BCUT2D eigenvalue weighted by molar-refractivity contribution is 7.21. The average Bonchev–Trinajstić information content (AvgIpc) is 3.45. The Morgan fingerprint density at radius 3 is 2.13 bits per heavy atom. The Kier molecular flexibility index (Phi) is 11.5. The van der Waals surface area contributed by atoms with E-state index in [1.54, 1.807) is 30.0 Å². The Morgan fingerprint density at radius 1 is 0.962 bits per heavy atom. The number of nitrogens with zero attached hydrogens (tertiary/aromatic N) is 1. The van der Waals surface area contributed by atoms with Crippen molar-refractivity contribution in [2.75, 3.05) is 6.61 Å². The Labute approximate surface area is 306 Å². The summed E-state index contributed by atoms with van der Waals surface area (Å²) in [6, 6.07) is 11.3. The SMILES string of the molecule is CCOc1ccc(-c2ccc(C(=O)C(F)(F)F)cc2)cc1CN(C(=O)c1sc2c(F)ccc(F)c2c1Cl)C1CCC(C(NC(=O)O)C(C)(C)C)CC1. The van der Waals surface area contributed by atoms with Crippen molar-refractivity contribution in [1.29, 1.82) is 0 Å². The number of benzene rings is 3. The van der Waals surface area contributed by atoms with Crippen molar-refractivity contribution in [3.8, 4) is 16.9 Å². The predicted octanol–water partition coefficient (Wildman–Crippen LogP) is 10.5. The smallest absolute Gasteiger partial charge is 0.454 e. The molecule has 4 aromatic rings. The van der Waals surface area contributed by atoms with E-state index in [9.17, 15) is 41.4 Å². The topological polar surface area (TPSA) is 95.9 Å². The van der Waals surface area contributed by atoms with E-state index in [1.807, 2.05) is 20.8 Å². The van der Waals surface area contributed by atoms with E-state index in [0.29, 0.717) is 48.1 Å². The van der Waals surface area contributed by atoms with E-state index in [-0.39, 0.29) is 56.6 Å². The zero-order chi connectivity index (χ0) is 38.1. The number of fused-ring (bicyclic) bond motifs is 1. The van der Waals surface area contributed by atoms with Crippen molar-refractivity contribution in [2.24, 2.45) is 11.3 Å². The third-order valence-corrected chi connectivity index (χ3v) is 11.1. The van der Waals surface area contributed by atoms with Crippen LogP contribution in [0.25, 0.3) is 21.2 Å². The van der Waals surface area contributed by atoms with Gasteiger partial charge in [0.2, 0.25) is 0 Å². The maximum Gasteiger partial charge on any atom is 0.454 e. The molecule has 0 saturated heterocycles. The van der Waals surface area contributed by atoms with Gasteiger partial charge < -0.3 is 20.1 Å². The third kappa shape index (κ3) is 8.36. The summed E-state index contributed by atoms with van der Waals surface area (Å²) in [4.78, 5) is 39.5. The van der Waals surface area contributed by atoms with Crippen LogP contribution in [0, 0.1) is 23.0 Å². The maximum atomic E-state index is 14.9. The molecule has 1 fully saturated rings. The summed E-state index contributed by atoms with van der Waals surface area (Å²) < 4.78 is 74.6. The predicted molar refractivity (Wildman–Crippen MR) is 190 cm³/mol. The van der Waals surface area contributed by atoms with Crippen LogP contribution in [-0.4, -0.2) is 52.7 Å². The minimum absolute atomic E-state index is 0.0186. The van der Waals surface area contributed by atoms with Crippen LogP contribution in [0.1, 0.15) is 79.0 Å². The molecule has 1 aromatic heterocycles. The van der Waals surface area contributed by atoms with Crippen molar-refractivity contribution in [3.63, 3.8) is 0 Å². The molecule has 1 heterocycles. The molecule has 1 unspecified atom stereocenters. The fourth-order valence-electron chi connectivity index (χ4n) is 6.99. The summed E-state index contributed by atoms with van der Waals surface area (Å²) in [5, 5.41) is 11.8. The highest BCUT2D eigenvalue weighted by atomic mass is 35.5. The molecular weight excluding hydrogens is 727 g/mol. The van der Waals surface area contributed by atoms with Gasteiger partial charge in [0, 0.05) is 29.8 Å². The molecule has 0 aliphatic heterocycles. The van der Waals surface area contributed by atoms with Gasteiger partial charge in [-0.05, 0) is 79.3 Å². The van der Waals surface area contributed by atoms with Crippen LogP contribution in [0.4, 0.5) is 26.7 Å². The lowest BCUT2D eigenvalue weighted by Crippen LogP contribution is -2.50. The van der Waals surface area contributed by atoms with E-state index in [0.717, 1.165) is 35.6 Å². The van der Waals surface area contributed by atoms with Gasteiger partial charge in [0.1, 0.15) is 22.3 Å². The van der Waals surface area contributed by atoms with E-state index < -0.39 is 41.2 Å². The summed E-state index contributed by atoms with van der Waals surface area (Å²) in [5.74, 6) is -3.57. The van der Waals surface area contributed by atoms with Gasteiger partial charge in [-0.25, -0.2) is 13.6 Å². The standard InChI is InChI=1S/C38H38ClF5N2O5S/c1-5-51-28-17-12-23(20-6-8-22(9-7-20)34(47)38(42,43)44)18-24(28)19-46(25-13-10-21(11-14-25)33(37(2,3)4)45-36(49)50)35(48)32-30(39)29-26(40)15-16-27(41)31(29)52-32/h6-9,12,15-18,21,25,33,45H,5,10-11,13-14,19H2,1-4H3,(H,49,50). The first-order valence-electron chi connectivity index (χ1n) is 16.7. The van der Waals surface area contributed by atoms with Crippen LogP contribution in [0.3, 0.4) is 0 Å². The number of thiophene rings is 1. The summed E-state index contributed by atoms with van der Waals surface area (Å²) in [6.07, 6.45) is -3.98. The second kappa shape index (κ2) is 15.4. The lowest BCUT2D eigenvalue weighted by atomic mass is 9.72. The largest absolute Gasteiger partial charge is 0.494 e. The molecular formula is C38H38ClF5N2O5S. The van der Waals surface area contributed by atoms with Crippen LogP contribution in [0.2, 0.25) is 5.02 Å². The van der Waals surface area contributed by atoms with Gasteiger partial charge in [-0.3, -0.25) is 9.59 Å². The Hall–Kier alpha value is -4.23. The number of alkyl halides is 3. The lowest BCUT2D eigenvalue weighted by molar-refractivity contribution is -0.0885. The Balaban J connectivity index is 1.53. The summed E-state index contributed by atoms with van der Waals surface area (Å²) in [5.41, 5.74) is 0.765. The second-order valence-corrected chi connectivity index (χ2v) is 15.3. The minimum atomic E-state index is -5.02. The quantitative estimate of drug-likeness (QED) is 0.124. The number of carbonyl (C=O) groups excluding carboxylic acids is 2. The van der Waals surface area contributed by atoms with Gasteiger partial charge in [0.25, 0.3) is 11.7 Å². The minimum Gasteiger partial charge on any atom is -0.494 e. The zero-order valence-corrected chi connectivity index (χ0v) is 30.4. The number of carbonyl (C=O) groups is 3. The highest BCUT2D eigenvalue weighted by Gasteiger charge is 2.40. The molecule has 1 aliphatic rings. The van der Waals surface area contributed by atoms with Crippen molar-refractivity contribution in [3.05, 3.63) is 87.3 Å². The van der Waals surface area contributed by atoms with E-state index >= 15 is 0 Å². The zero-order valence-electron chi connectivity index (χ0n) is 28.9. The number of ether oxygens (including phenoxy) is 1. The fraction of sp³-hybridized carbons (Fsp3) is 0.395. The summed E-state index contributed by atoms with van der Waals surface area (Å²) in [6.45, 7) is 7.93. The normalized spacial score (nSPS) is 17.1. The van der Waals surface area contributed by atoms with Crippen molar-refractivity contribution < 1.29 is 46.2 Å². The molecule has 52 heavy (non-hydrogen) atoms. The number of Topliss-reactive ketones (excluding diaryl/α,β-unsaturated/α-hetero) is 1. The first-order chi connectivity index (χ1) is 24.4. The number of carboxylic acid groups (broad SMARTS) is 1. The number of hydrogen-bond acceptors (Lipinski definition) is 5. The van der Waals surface area contributed by atoms with Gasteiger partial charge in [-0.15, -0.1) is 11.3 Å². The van der Waals surface area contributed by atoms with Gasteiger partial charge in [-0.2, -0.15) is 13.2 Å². The summed E-state index contributed by atoms with van der Waals surface area (Å²) in [7, 11) is 0. The number of nitrogens with one attached hydrogen (secondary N) is 1. The Bertz CT molecular complexity index is 1970. The van der Waals surface area contributed by atoms with Crippen LogP contribution in [0.5, 0.6) is 5.75 Å². The molecule has 14 heteroatoms. The van der Waals surface area contributed by atoms with Gasteiger partial charge >= 0.3 is 12.3 Å². The number of halogens is 6. The van der Waals surface area contributed by atoms with Gasteiger partial charge in [0.05, 0.1) is 21.7 Å². The molecule has 1 atom stereocenters. The first-order valence-corrected chi connectivity index (χ1v) is 17.9. The molecule has 7 nitrogen and oxygen atoms in total. The first kappa shape index (κ1) is 39.0. The summed E-state index contributed by atoms with van der Waals surface area (Å²) >= 11 is 7.36. The van der Waals surface area contributed by atoms with E-state index in [4.69, 9.17) is 16.3 Å². The van der Waals surface area contributed by atoms with E-state index in [2.05, 4.69) is 5.32 Å². The molecule has 2 amide bonds. The van der Waals surface area contributed by atoms with Crippen molar-refractivity contribution in [2.45, 2.75) is 78.2 Å². The molecule has 3 aromatic carbocycles. The molecule has 1 saturated carbocycles. The number of ketones is 1. The lowest BCUT2D eigenvalue weighted by Gasteiger charge is -2.43. The van der Waals surface area contributed by atoms with Crippen LogP contribution in [-0.2, 0) is 6.54 Å². The number of amides is 2. The number of rotatable bonds is 10. The molecule has 2 N–H and O–H groups in total. The molecule has 278 valence electrons. The third-order valence-electron chi connectivity index (χ3n) is 9.44. The fourth-order valence-corrected chi connectivity index (χ4v) is 8.50. The maximum absolute atomic E-state index is 14.9. The van der Waals surface area contributed by atoms with Crippen LogP contribution < -0.4 is 10.1 Å². The Morgan fingerprint density at radius 2 is 1.58 bits per heavy atom.